The molecule has 0 amide bonds. The highest BCUT2D eigenvalue weighted by atomic mass is 15.6. The van der Waals surface area contributed by atoms with Crippen LogP contribution in [0.15, 0.2) is 0 Å². The predicted octanol–water partition coefficient (Wildman–Crippen LogP) is 3.30. The van der Waals surface area contributed by atoms with Gasteiger partial charge in [0.15, 0.2) is 0 Å². The van der Waals surface area contributed by atoms with Gasteiger partial charge in [0, 0.05) is 24.2 Å². The Morgan fingerprint density at radius 3 is 2.35 bits per heavy atom. The van der Waals surface area contributed by atoms with E-state index in [0.29, 0.717) is 12.1 Å². The van der Waals surface area contributed by atoms with Gasteiger partial charge in [-0.05, 0) is 51.4 Å². The molecule has 0 aromatic rings. The van der Waals surface area contributed by atoms with E-state index in [-0.39, 0.29) is 5.54 Å². The maximum absolute atomic E-state index is 6.22. The van der Waals surface area contributed by atoms with Crippen LogP contribution in [0.25, 0.3) is 0 Å². The molecule has 4 unspecified atom stereocenters. The molecule has 2 rings (SSSR count). The van der Waals surface area contributed by atoms with Gasteiger partial charge in [-0.25, -0.2) is 10.4 Å². The van der Waals surface area contributed by atoms with E-state index in [1.165, 1.54) is 44.9 Å². The summed E-state index contributed by atoms with van der Waals surface area (Å²) in [5.41, 5.74) is 10.3. The van der Waals surface area contributed by atoms with Gasteiger partial charge in [0.05, 0.1) is 0 Å². The molecule has 0 aromatic carbocycles. The van der Waals surface area contributed by atoms with Gasteiger partial charge in [0.25, 0.3) is 0 Å². The summed E-state index contributed by atoms with van der Waals surface area (Å²) in [6.07, 6.45) is 9.18. The van der Waals surface area contributed by atoms with E-state index in [4.69, 9.17) is 5.73 Å². The van der Waals surface area contributed by atoms with E-state index >= 15 is 0 Å². The maximum Gasteiger partial charge on any atom is 0.0451 e. The summed E-state index contributed by atoms with van der Waals surface area (Å²) in [5, 5.41) is 2.53. The molecule has 0 aromatic heterocycles. The van der Waals surface area contributed by atoms with E-state index in [0.717, 1.165) is 18.4 Å². The lowest BCUT2D eigenvalue weighted by Crippen LogP contribution is -2.65. The van der Waals surface area contributed by atoms with Crippen LogP contribution < -0.4 is 11.2 Å². The van der Waals surface area contributed by atoms with Crippen LogP contribution in [0.2, 0.25) is 0 Å². The standard InChI is InChI=1S/C17H35N3/c1-13(2)16-9-6-10-17(11-16,12-18)19-20-14(3)7-5-8-15(20)4/h13-16,19H,5-12,18H2,1-4H3. The molecular weight excluding hydrogens is 246 g/mol. The maximum atomic E-state index is 6.22. The van der Waals surface area contributed by atoms with Gasteiger partial charge in [-0.3, -0.25) is 0 Å². The lowest BCUT2D eigenvalue weighted by Gasteiger charge is -2.49. The molecule has 0 bridgehead atoms. The lowest BCUT2D eigenvalue weighted by atomic mass is 9.72. The van der Waals surface area contributed by atoms with Crippen LogP contribution in [-0.2, 0) is 0 Å². The highest BCUT2D eigenvalue weighted by molar-refractivity contribution is 4.96. The van der Waals surface area contributed by atoms with Crippen molar-refractivity contribution in [2.24, 2.45) is 17.6 Å². The minimum atomic E-state index is 0.146. The van der Waals surface area contributed by atoms with Crippen molar-refractivity contribution in [2.75, 3.05) is 6.54 Å². The molecule has 1 saturated heterocycles. The molecule has 118 valence electrons. The number of hydrogen-bond acceptors (Lipinski definition) is 3. The Bertz CT molecular complexity index is 295. The summed E-state index contributed by atoms with van der Waals surface area (Å²) < 4.78 is 0. The van der Waals surface area contributed by atoms with E-state index in [2.05, 4.69) is 38.1 Å². The van der Waals surface area contributed by atoms with E-state index in [9.17, 15) is 0 Å². The van der Waals surface area contributed by atoms with E-state index in [1.807, 2.05) is 0 Å². The lowest BCUT2D eigenvalue weighted by molar-refractivity contribution is -0.0199. The summed E-state index contributed by atoms with van der Waals surface area (Å²) in [6.45, 7) is 10.2. The fraction of sp³-hybridized carbons (Fsp3) is 1.00. The van der Waals surface area contributed by atoms with Crippen LogP contribution >= 0.6 is 0 Å². The normalized spacial score (nSPS) is 40.2. The number of nitrogens with zero attached hydrogens (tertiary/aromatic N) is 1. The number of piperidine rings is 1. The van der Waals surface area contributed by atoms with Crippen molar-refractivity contribution in [2.45, 2.75) is 90.3 Å². The van der Waals surface area contributed by atoms with Crippen LogP contribution in [0.1, 0.15) is 72.6 Å². The second-order valence-electron chi connectivity index (χ2n) is 7.73. The van der Waals surface area contributed by atoms with Crippen molar-refractivity contribution in [3.8, 4) is 0 Å². The Morgan fingerprint density at radius 2 is 1.80 bits per heavy atom. The number of rotatable bonds is 4. The molecule has 0 radical (unpaired) electrons. The molecule has 2 aliphatic rings. The van der Waals surface area contributed by atoms with Gasteiger partial charge >= 0.3 is 0 Å². The first-order valence-electron chi connectivity index (χ1n) is 8.73. The summed E-state index contributed by atoms with van der Waals surface area (Å²) in [7, 11) is 0. The Kier molecular flexibility index (Phi) is 5.49. The minimum absolute atomic E-state index is 0.146. The van der Waals surface area contributed by atoms with Crippen molar-refractivity contribution in [3.63, 3.8) is 0 Å². The van der Waals surface area contributed by atoms with Crippen LogP contribution in [0.4, 0.5) is 0 Å². The molecule has 20 heavy (non-hydrogen) atoms. The fourth-order valence-electron chi connectivity index (χ4n) is 4.23. The van der Waals surface area contributed by atoms with Crippen LogP contribution in [0.5, 0.6) is 0 Å². The zero-order chi connectivity index (χ0) is 14.8. The van der Waals surface area contributed by atoms with Crippen molar-refractivity contribution < 1.29 is 0 Å². The first-order chi connectivity index (χ1) is 9.47. The van der Waals surface area contributed by atoms with Gasteiger partial charge in [0.1, 0.15) is 0 Å². The van der Waals surface area contributed by atoms with E-state index in [1.54, 1.807) is 0 Å². The smallest absolute Gasteiger partial charge is 0.0451 e. The molecule has 1 saturated carbocycles. The van der Waals surface area contributed by atoms with Crippen molar-refractivity contribution in [3.05, 3.63) is 0 Å². The number of hydrazine groups is 1. The first kappa shape index (κ1) is 16.3. The SMILES string of the molecule is CC(C)C1CCCC(CN)(NN2C(C)CCCC2C)C1. The van der Waals surface area contributed by atoms with Crippen molar-refractivity contribution >= 4 is 0 Å². The Morgan fingerprint density at radius 1 is 1.15 bits per heavy atom. The molecule has 3 N–H and O–H groups in total. The molecule has 0 spiro atoms. The average Bonchev–Trinajstić information content (AvgIpc) is 2.43. The second-order valence-corrected chi connectivity index (χ2v) is 7.73. The van der Waals surface area contributed by atoms with Crippen molar-refractivity contribution in [1.29, 1.82) is 0 Å². The summed E-state index contributed by atoms with van der Waals surface area (Å²) in [6, 6.07) is 1.28. The van der Waals surface area contributed by atoms with Gasteiger partial charge < -0.3 is 5.73 Å². The molecular formula is C17H35N3. The Hall–Kier alpha value is -0.120. The van der Waals surface area contributed by atoms with Gasteiger partial charge in [-0.15, -0.1) is 0 Å². The molecule has 3 heteroatoms. The summed E-state index contributed by atoms with van der Waals surface area (Å²) in [5.74, 6) is 1.61. The molecule has 2 fully saturated rings. The van der Waals surface area contributed by atoms with Crippen LogP contribution in [0.3, 0.4) is 0 Å². The minimum Gasteiger partial charge on any atom is -0.329 e. The number of nitrogens with one attached hydrogen (secondary N) is 1. The topological polar surface area (TPSA) is 41.3 Å². The van der Waals surface area contributed by atoms with Crippen LogP contribution in [-0.4, -0.2) is 29.2 Å². The molecule has 1 aliphatic carbocycles. The first-order valence-corrected chi connectivity index (χ1v) is 8.73. The highest BCUT2D eigenvalue weighted by Crippen LogP contribution is 2.37. The zero-order valence-electron chi connectivity index (χ0n) is 14.0. The molecule has 4 atom stereocenters. The predicted molar refractivity (Wildman–Crippen MR) is 86.3 cm³/mol. The molecule has 1 aliphatic heterocycles. The third kappa shape index (κ3) is 3.55. The molecule has 1 heterocycles. The Labute approximate surface area is 125 Å². The second kappa shape index (κ2) is 6.76. The van der Waals surface area contributed by atoms with Gasteiger partial charge in [-0.1, -0.05) is 33.1 Å². The zero-order valence-corrected chi connectivity index (χ0v) is 14.0. The number of hydrogen-bond donors (Lipinski definition) is 2. The average molecular weight is 281 g/mol. The van der Waals surface area contributed by atoms with Gasteiger partial charge in [-0.2, -0.15) is 0 Å². The largest absolute Gasteiger partial charge is 0.329 e. The van der Waals surface area contributed by atoms with E-state index < -0.39 is 0 Å². The molecule has 3 nitrogen and oxygen atoms in total. The number of nitrogens with two attached hydrogens (primary N) is 1. The summed E-state index contributed by atoms with van der Waals surface area (Å²) in [4.78, 5) is 0. The summed E-state index contributed by atoms with van der Waals surface area (Å²) >= 11 is 0. The van der Waals surface area contributed by atoms with Crippen LogP contribution in [0, 0.1) is 11.8 Å². The highest BCUT2D eigenvalue weighted by Gasteiger charge is 2.39. The Balaban J connectivity index is 2.06. The van der Waals surface area contributed by atoms with Crippen molar-refractivity contribution in [1.82, 2.24) is 10.4 Å². The quantitative estimate of drug-likeness (QED) is 0.831. The third-order valence-corrected chi connectivity index (χ3v) is 5.78. The third-order valence-electron chi connectivity index (χ3n) is 5.78. The van der Waals surface area contributed by atoms with Gasteiger partial charge in [0.2, 0.25) is 0 Å². The monoisotopic (exact) mass is 281 g/mol. The fourth-order valence-corrected chi connectivity index (χ4v) is 4.23.